The molecule has 0 atom stereocenters. The average molecular weight is 317 g/mol. The standard InChI is InChI=1S/C13H18Cl2N4O/c1-8(2)19-13(16)18-6-5-17-12(20)9-3-4-10(14)11(15)7-9/h3-4,7-8H,5-6H2,1-2H3,(H,17,20)(H3,16,18,19). The van der Waals surface area contributed by atoms with Gasteiger partial charge in [-0.1, -0.05) is 23.2 Å². The van der Waals surface area contributed by atoms with Crippen LogP contribution in [-0.4, -0.2) is 31.0 Å². The summed E-state index contributed by atoms with van der Waals surface area (Å²) in [6, 6.07) is 4.95. The fraction of sp³-hybridized carbons (Fsp3) is 0.385. The quantitative estimate of drug-likeness (QED) is 0.442. The van der Waals surface area contributed by atoms with Gasteiger partial charge in [0, 0.05) is 18.2 Å². The lowest BCUT2D eigenvalue weighted by atomic mass is 10.2. The van der Waals surface area contributed by atoms with Gasteiger partial charge in [-0.3, -0.25) is 9.79 Å². The van der Waals surface area contributed by atoms with Crippen LogP contribution in [0, 0.1) is 0 Å². The first-order chi connectivity index (χ1) is 9.40. The molecule has 7 heteroatoms. The number of hydrogen-bond donors (Lipinski definition) is 3. The Balaban J connectivity index is 2.42. The van der Waals surface area contributed by atoms with Crippen molar-refractivity contribution < 1.29 is 4.79 Å². The molecule has 0 heterocycles. The maximum Gasteiger partial charge on any atom is 0.251 e. The molecule has 1 aromatic rings. The summed E-state index contributed by atoms with van der Waals surface area (Å²) in [7, 11) is 0. The highest BCUT2D eigenvalue weighted by molar-refractivity contribution is 6.42. The maximum atomic E-state index is 11.8. The zero-order valence-electron chi connectivity index (χ0n) is 11.4. The van der Waals surface area contributed by atoms with Crippen LogP contribution >= 0.6 is 23.2 Å². The van der Waals surface area contributed by atoms with Gasteiger partial charge in [-0.05, 0) is 32.0 Å². The molecule has 1 rings (SSSR count). The van der Waals surface area contributed by atoms with E-state index in [9.17, 15) is 4.79 Å². The molecule has 0 spiro atoms. The third kappa shape index (κ3) is 5.67. The molecule has 4 N–H and O–H groups in total. The molecule has 0 fully saturated rings. The minimum absolute atomic E-state index is 0.226. The molecule has 1 aromatic carbocycles. The van der Waals surface area contributed by atoms with E-state index >= 15 is 0 Å². The predicted octanol–water partition coefficient (Wildman–Crippen LogP) is 2.04. The second kappa shape index (κ2) is 7.97. The summed E-state index contributed by atoms with van der Waals surface area (Å²) in [5, 5.41) is 6.45. The van der Waals surface area contributed by atoms with Crippen LogP contribution in [0.1, 0.15) is 24.2 Å². The van der Waals surface area contributed by atoms with Crippen molar-refractivity contribution in [2.75, 3.05) is 13.1 Å². The van der Waals surface area contributed by atoms with Gasteiger partial charge in [0.1, 0.15) is 0 Å². The van der Waals surface area contributed by atoms with E-state index in [1.807, 2.05) is 13.8 Å². The smallest absolute Gasteiger partial charge is 0.251 e. The summed E-state index contributed by atoms with van der Waals surface area (Å²) >= 11 is 11.6. The monoisotopic (exact) mass is 316 g/mol. The first kappa shape index (κ1) is 16.6. The molecule has 0 saturated carbocycles. The molecule has 0 aliphatic rings. The van der Waals surface area contributed by atoms with E-state index in [4.69, 9.17) is 28.9 Å². The van der Waals surface area contributed by atoms with E-state index in [1.54, 1.807) is 12.1 Å². The van der Waals surface area contributed by atoms with Crippen molar-refractivity contribution in [3.05, 3.63) is 33.8 Å². The van der Waals surface area contributed by atoms with Gasteiger partial charge in [-0.2, -0.15) is 0 Å². The molecule has 0 aliphatic heterocycles. The Hall–Kier alpha value is -1.46. The van der Waals surface area contributed by atoms with E-state index in [2.05, 4.69) is 15.6 Å². The highest BCUT2D eigenvalue weighted by Crippen LogP contribution is 2.22. The van der Waals surface area contributed by atoms with Gasteiger partial charge >= 0.3 is 0 Å². The zero-order chi connectivity index (χ0) is 15.1. The normalized spacial score (nSPS) is 11.6. The largest absolute Gasteiger partial charge is 0.370 e. The van der Waals surface area contributed by atoms with Crippen LogP contribution in [-0.2, 0) is 0 Å². The molecular formula is C13H18Cl2N4O. The van der Waals surface area contributed by atoms with Crippen molar-refractivity contribution in [2.45, 2.75) is 19.9 Å². The van der Waals surface area contributed by atoms with Crippen LogP contribution in [0.2, 0.25) is 10.0 Å². The van der Waals surface area contributed by atoms with Crippen LogP contribution in [0.3, 0.4) is 0 Å². The highest BCUT2D eigenvalue weighted by Gasteiger charge is 2.07. The fourth-order valence-corrected chi connectivity index (χ4v) is 1.72. The van der Waals surface area contributed by atoms with Crippen molar-refractivity contribution in [1.29, 1.82) is 0 Å². The number of nitrogens with one attached hydrogen (secondary N) is 2. The van der Waals surface area contributed by atoms with Crippen molar-refractivity contribution in [3.8, 4) is 0 Å². The molecule has 110 valence electrons. The number of nitrogens with zero attached hydrogens (tertiary/aromatic N) is 1. The summed E-state index contributed by atoms with van der Waals surface area (Å²) in [4.78, 5) is 15.9. The van der Waals surface area contributed by atoms with Crippen LogP contribution in [0.25, 0.3) is 0 Å². The Morgan fingerprint density at radius 2 is 2.05 bits per heavy atom. The van der Waals surface area contributed by atoms with Crippen molar-refractivity contribution >= 4 is 35.1 Å². The van der Waals surface area contributed by atoms with Gasteiger partial charge in [-0.25, -0.2) is 0 Å². The van der Waals surface area contributed by atoms with Gasteiger partial charge in [0.05, 0.1) is 16.6 Å². The van der Waals surface area contributed by atoms with Crippen molar-refractivity contribution in [3.63, 3.8) is 0 Å². The van der Waals surface area contributed by atoms with Crippen LogP contribution in [0.15, 0.2) is 23.2 Å². The highest BCUT2D eigenvalue weighted by atomic mass is 35.5. The Labute approximate surface area is 128 Å². The van der Waals surface area contributed by atoms with Gasteiger partial charge in [0.2, 0.25) is 0 Å². The number of amides is 1. The number of nitrogens with two attached hydrogens (primary N) is 1. The minimum Gasteiger partial charge on any atom is -0.370 e. The van der Waals surface area contributed by atoms with Gasteiger partial charge in [0.25, 0.3) is 5.91 Å². The predicted molar refractivity (Wildman–Crippen MR) is 83.6 cm³/mol. The molecule has 0 bridgehead atoms. The van der Waals surface area contributed by atoms with Gasteiger partial charge in [0.15, 0.2) is 5.96 Å². The molecule has 0 radical (unpaired) electrons. The van der Waals surface area contributed by atoms with E-state index in [0.29, 0.717) is 34.7 Å². The lowest BCUT2D eigenvalue weighted by Gasteiger charge is -2.09. The Bertz CT molecular complexity index is 503. The number of guanidine groups is 1. The van der Waals surface area contributed by atoms with Crippen molar-refractivity contribution in [2.24, 2.45) is 10.7 Å². The second-order valence-electron chi connectivity index (χ2n) is 4.45. The number of carbonyl (C=O) groups is 1. The number of aliphatic imine (C=N–C) groups is 1. The number of benzene rings is 1. The lowest BCUT2D eigenvalue weighted by Crippen LogP contribution is -2.37. The fourth-order valence-electron chi connectivity index (χ4n) is 1.43. The molecule has 5 nitrogen and oxygen atoms in total. The molecule has 0 aromatic heterocycles. The Kier molecular flexibility index (Phi) is 6.61. The van der Waals surface area contributed by atoms with E-state index in [0.717, 1.165) is 0 Å². The van der Waals surface area contributed by atoms with Gasteiger partial charge in [-0.15, -0.1) is 0 Å². The van der Waals surface area contributed by atoms with Crippen LogP contribution < -0.4 is 16.4 Å². The second-order valence-corrected chi connectivity index (χ2v) is 5.27. The molecule has 0 saturated heterocycles. The molecule has 1 amide bonds. The molecule has 20 heavy (non-hydrogen) atoms. The summed E-state index contributed by atoms with van der Waals surface area (Å²) in [5.41, 5.74) is 6.09. The zero-order valence-corrected chi connectivity index (χ0v) is 12.9. The summed E-state index contributed by atoms with van der Waals surface area (Å²) in [6.45, 7) is 4.72. The number of halogens is 2. The topological polar surface area (TPSA) is 79.5 Å². The average Bonchev–Trinajstić information content (AvgIpc) is 2.36. The van der Waals surface area contributed by atoms with Crippen LogP contribution in [0.4, 0.5) is 0 Å². The summed E-state index contributed by atoms with van der Waals surface area (Å²) < 4.78 is 0. The number of carbonyl (C=O) groups excluding carboxylic acids is 1. The van der Waals surface area contributed by atoms with Gasteiger partial charge < -0.3 is 16.4 Å². The third-order valence-electron chi connectivity index (χ3n) is 2.30. The van der Waals surface area contributed by atoms with Crippen molar-refractivity contribution in [1.82, 2.24) is 10.6 Å². The van der Waals surface area contributed by atoms with E-state index in [-0.39, 0.29) is 11.9 Å². The molecule has 0 aliphatic carbocycles. The van der Waals surface area contributed by atoms with E-state index < -0.39 is 0 Å². The summed E-state index contributed by atoms with van der Waals surface area (Å²) in [5.74, 6) is 0.137. The SMILES string of the molecule is CC(C)NC(N)=NCCNC(=O)c1ccc(Cl)c(Cl)c1. The minimum atomic E-state index is -0.228. The molecule has 0 unspecified atom stereocenters. The maximum absolute atomic E-state index is 11.8. The summed E-state index contributed by atoms with van der Waals surface area (Å²) in [6.07, 6.45) is 0. The Morgan fingerprint density at radius 3 is 2.65 bits per heavy atom. The van der Waals surface area contributed by atoms with Crippen LogP contribution in [0.5, 0.6) is 0 Å². The Morgan fingerprint density at radius 1 is 1.35 bits per heavy atom. The first-order valence-electron chi connectivity index (χ1n) is 6.20. The third-order valence-corrected chi connectivity index (χ3v) is 3.04. The first-order valence-corrected chi connectivity index (χ1v) is 6.95. The molecular weight excluding hydrogens is 299 g/mol. The number of rotatable bonds is 5. The van der Waals surface area contributed by atoms with E-state index in [1.165, 1.54) is 6.07 Å². The lowest BCUT2D eigenvalue weighted by molar-refractivity contribution is 0.0955. The number of hydrogen-bond acceptors (Lipinski definition) is 2.